The largest absolute Gasteiger partial charge is 0.511 e. The maximum absolute atomic E-state index is 13.9. The molecule has 9 N–H and O–H groups in total. The number of hydrogen-bond donors (Lipinski definition) is 8. The predicted molar refractivity (Wildman–Crippen MR) is 290 cm³/mol. The first-order valence-electron chi connectivity index (χ1n) is 26.9. The van der Waals surface area contributed by atoms with Crippen molar-refractivity contribution in [1.82, 2.24) is 26.6 Å². The van der Waals surface area contributed by atoms with Gasteiger partial charge in [-0.05, 0) is 153 Å². The lowest BCUT2D eigenvalue weighted by Crippen LogP contribution is -2.52. The standard InChI is InChI=1S/C57H85N7O12/c1-35(48-45(65)32-57(8,9)33-46(48)66)61-41(18-12-14-28-58)50(69)60-34-36-20-24-39(25-21-36)49(68)62-44(31-37-22-23-38-16-10-11-17-40(38)30-37)51(70)59-29-15-13-19-42(52(71)72)63-54(74)64-43(53(73)76-56(5,6)7)26-27-47(67)75-55(2,3)4/h10-11,16-17,22-23,30,36,39,41-44,65H,12-15,18-21,24-29,31-34,58H2,1-9H3,(H,59,70)(H,60,69)(H,62,68)(H,71,72)(H2,63,64,74)/t36?,39?,41-,42-,43-,44+/m0/s1. The van der Waals surface area contributed by atoms with Gasteiger partial charge < -0.3 is 52.0 Å². The van der Waals surface area contributed by atoms with Crippen molar-refractivity contribution in [3.63, 3.8) is 0 Å². The number of ketones is 1. The van der Waals surface area contributed by atoms with Gasteiger partial charge >= 0.3 is 23.9 Å². The number of nitrogens with two attached hydrogens (primary N) is 1. The second kappa shape index (κ2) is 28.7. The highest BCUT2D eigenvalue weighted by molar-refractivity contribution is 6.22. The van der Waals surface area contributed by atoms with Crippen LogP contribution in [0.3, 0.4) is 0 Å². The quantitative estimate of drug-likeness (QED) is 0.0273. The van der Waals surface area contributed by atoms with Crippen molar-refractivity contribution in [1.29, 1.82) is 0 Å². The van der Waals surface area contributed by atoms with E-state index in [2.05, 4.69) is 31.6 Å². The first-order valence-corrected chi connectivity index (χ1v) is 26.9. The Morgan fingerprint density at radius 1 is 0.763 bits per heavy atom. The van der Waals surface area contributed by atoms with Gasteiger partial charge in [-0.25, -0.2) is 14.4 Å². The molecule has 0 aliphatic heterocycles. The molecule has 5 amide bonds. The zero-order valence-corrected chi connectivity index (χ0v) is 46.2. The van der Waals surface area contributed by atoms with E-state index in [1.54, 1.807) is 48.5 Å². The van der Waals surface area contributed by atoms with E-state index in [9.17, 15) is 48.6 Å². The van der Waals surface area contributed by atoms with Crippen LogP contribution in [0, 0.1) is 17.3 Å². The summed E-state index contributed by atoms with van der Waals surface area (Å²) in [5.41, 5.74) is 5.09. The van der Waals surface area contributed by atoms with Gasteiger partial charge in [0, 0.05) is 50.4 Å². The lowest BCUT2D eigenvalue weighted by molar-refractivity contribution is -0.158. The Hall–Kier alpha value is -6.37. The van der Waals surface area contributed by atoms with E-state index in [1.165, 1.54) is 0 Å². The minimum Gasteiger partial charge on any atom is -0.511 e. The molecule has 76 heavy (non-hydrogen) atoms. The summed E-state index contributed by atoms with van der Waals surface area (Å²) in [7, 11) is 0. The number of aliphatic imine (C=N–C) groups is 1. The number of carboxylic acids is 1. The van der Waals surface area contributed by atoms with Crippen molar-refractivity contribution in [3.8, 4) is 0 Å². The Morgan fingerprint density at radius 3 is 2.04 bits per heavy atom. The Morgan fingerprint density at radius 2 is 1.41 bits per heavy atom. The number of aliphatic hydroxyl groups excluding tert-OH is 1. The van der Waals surface area contributed by atoms with Crippen LogP contribution in [0.1, 0.15) is 158 Å². The summed E-state index contributed by atoms with van der Waals surface area (Å²) in [5, 5.41) is 36.6. The van der Waals surface area contributed by atoms with Crippen LogP contribution < -0.4 is 32.3 Å². The third-order valence-corrected chi connectivity index (χ3v) is 13.3. The fraction of sp³-hybridized carbons (Fsp3) is 0.632. The molecule has 0 aromatic heterocycles. The van der Waals surface area contributed by atoms with E-state index in [0.29, 0.717) is 76.6 Å². The molecule has 19 heteroatoms. The number of nitrogens with one attached hydrogen (secondary N) is 5. The minimum atomic E-state index is -1.35. The molecular formula is C57H85N7O12. The lowest BCUT2D eigenvalue weighted by Gasteiger charge is -2.30. The maximum Gasteiger partial charge on any atom is 0.329 e. The molecule has 0 radical (unpaired) electrons. The number of esters is 2. The summed E-state index contributed by atoms with van der Waals surface area (Å²) in [6, 6.07) is 8.45. The molecule has 0 heterocycles. The number of hydrogen-bond acceptors (Lipinski definition) is 13. The van der Waals surface area contributed by atoms with Gasteiger partial charge in [-0.15, -0.1) is 0 Å². The molecule has 4 atom stereocenters. The van der Waals surface area contributed by atoms with Gasteiger partial charge in [0.25, 0.3) is 0 Å². The summed E-state index contributed by atoms with van der Waals surface area (Å²) in [4.78, 5) is 110. The number of urea groups is 1. The molecule has 19 nitrogen and oxygen atoms in total. The number of Topliss-reactive ketones (excluding diaryl/α,β-unsaturated/α-hetero) is 1. The Kier molecular flexibility index (Phi) is 23.5. The number of amides is 5. The zero-order chi connectivity index (χ0) is 56.4. The number of aliphatic carboxylic acids is 1. The van der Waals surface area contributed by atoms with Crippen LogP contribution in [0.25, 0.3) is 10.8 Å². The van der Waals surface area contributed by atoms with Crippen molar-refractivity contribution in [2.45, 2.75) is 194 Å². The molecule has 0 bridgehead atoms. The highest BCUT2D eigenvalue weighted by atomic mass is 16.6. The third kappa shape index (κ3) is 21.3. The number of carbonyl (C=O) groups excluding carboxylic acids is 7. The minimum absolute atomic E-state index is 0.00527. The predicted octanol–water partition coefficient (Wildman–Crippen LogP) is 6.82. The second-order valence-corrected chi connectivity index (χ2v) is 23.2. The van der Waals surface area contributed by atoms with E-state index >= 15 is 0 Å². The average molecular weight is 1060 g/mol. The summed E-state index contributed by atoms with van der Waals surface area (Å²) in [6.45, 7) is 16.6. The average Bonchev–Trinajstić information content (AvgIpc) is 3.31. The van der Waals surface area contributed by atoms with Gasteiger partial charge in [0.05, 0.1) is 5.57 Å². The first-order chi connectivity index (χ1) is 35.6. The molecule has 2 aliphatic carbocycles. The van der Waals surface area contributed by atoms with Crippen LogP contribution in [0.15, 0.2) is 58.8 Å². The highest BCUT2D eigenvalue weighted by Crippen LogP contribution is 2.36. The number of allylic oxidation sites excluding steroid dienone is 2. The number of rotatable bonds is 26. The van der Waals surface area contributed by atoms with Crippen LogP contribution in [-0.4, -0.2) is 118 Å². The number of fused-ring (bicyclic) bond motifs is 1. The Bertz CT molecular complexity index is 2430. The number of aliphatic hydroxyl groups is 1. The highest BCUT2D eigenvalue weighted by Gasteiger charge is 2.36. The molecular weight excluding hydrogens is 975 g/mol. The number of unbranched alkanes of at least 4 members (excludes halogenated alkanes) is 2. The van der Waals surface area contributed by atoms with Crippen molar-refractivity contribution in [2.24, 2.45) is 28.0 Å². The van der Waals surface area contributed by atoms with Gasteiger partial charge in [-0.3, -0.25) is 29.0 Å². The van der Waals surface area contributed by atoms with Crippen LogP contribution in [-0.2, 0) is 49.5 Å². The molecule has 420 valence electrons. The molecule has 4 rings (SSSR count). The second-order valence-electron chi connectivity index (χ2n) is 23.2. The van der Waals surface area contributed by atoms with Crippen molar-refractivity contribution >= 4 is 63.9 Å². The van der Waals surface area contributed by atoms with E-state index in [0.717, 1.165) is 16.3 Å². The van der Waals surface area contributed by atoms with E-state index < -0.39 is 65.2 Å². The fourth-order valence-electron chi connectivity index (χ4n) is 9.53. The SMILES string of the molecule is CC(=N[C@@H](CCCCN)C(=O)NCC1CCC(C(=O)N[C@H](Cc2ccc3ccccc3c2)C(=O)NCCCC[C@H](NC(=O)N[C@@H](CCC(=O)OC(C)(C)C)C(=O)OC(C)(C)C)C(=O)O)CC1)C1=C(O)CC(C)(C)CC1=O. The molecule has 2 aromatic carbocycles. The van der Waals surface area contributed by atoms with E-state index in [-0.39, 0.29) is 91.3 Å². The third-order valence-electron chi connectivity index (χ3n) is 13.3. The Balaban J connectivity index is 1.33. The summed E-state index contributed by atoms with van der Waals surface area (Å²) >= 11 is 0. The summed E-state index contributed by atoms with van der Waals surface area (Å²) < 4.78 is 10.8. The van der Waals surface area contributed by atoms with Gasteiger partial charge in [0.2, 0.25) is 17.7 Å². The van der Waals surface area contributed by atoms with Crippen molar-refractivity contribution in [2.75, 3.05) is 19.6 Å². The van der Waals surface area contributed by atoms with Crippen LogP contribution in [0.2, 0.25) is 0 Å². The number of carboxylic acid groups (broad SMARTS) is 1. The van der Waals surface area contributed by atoms with Gasteiger partial charge in [0.1, 0.15) is 41.1 Å². The molecule has 1 saturated carbocycles. The molecule has 2 aromatic rings. The zero-order valence-electron chi connectivity index (χ0n) is 46.2. The lowest BCUT2D eigenvalue weighted by atomic mass is 9.75. The van der Waals surface area contributed by atoms with Crippen LogP contribution >= 0.6 is 0 Å². The summed E-state index contributed by atoms with van der Waals surface area (Å²) in [5.74, 6) is -4.09. The monoisotopic (exact) mass is 1060 g/mol. The summed E-state index contributed by atoms with van der Waals surface area (Å²) in [6.07, 6.45) is 5.30. The van der Waals surface area contributed by atoms with E-state index in [1.807, 2.05) is 56.3 Å². The normalized spacial score (nSPS) is 18.6. The first kappa shape index (κ1) is 62.2. The Labute approximate surface area is 448 Å². The molecule has 1 fully saturated rings. The molecule has 0 saturated heterocycles. The number of nitrogens with zero attached hydrogens (tertiary/aromatic N) is 1. The van der Waals surface area contributed by atoms with Gasteiger partial charge in [0.15, 0.2) is 5.78 Å². The van der Waals surface area contributed by atoms with Gasteiger partial charge in [-0.1, -0.05) is 56.3 Å². The van der Waals surface area contributed by atoms with Crippen LogP contribution in [0.5, 0.6) is 0 Å². The van der Waals surface area contributed by atoms with Crippen molar-refractivity contribution < 1.29 is 58.0 Å². The molecule has 0 spiro atoms. The van der Waals surface area contributed by atoms with Crippen molar-refractivity contribution in [3.05, 3.63) is 59.4 Å². The van der Waals surface area contributed by atoms with Gasteiger partial charge in [-0.2, -0.15) is 0 Å². The topological polar surface area (TPSA) is 294 Å². The van der Waals surface area contributed by atoms with Crippen LogP contribution in [0.4, 0.5) is 4.79 Å². The number of carbonyl (C=O) groups is 8. The smallest absolute Gasteiger partial charge is 0.329 e. The number of ether oxygens (including phenoxy) is 2. The molecule has 2 aliphatic rings. The number of benzene rings is 2. The molecule has 0 unspecified atom stereocenters. The fourth-order valence-corrected chi connectivity index (χ4v) is 9.53. The maximum atomic E-state index is 13.9. The van der Waals surface area contributed by atoms with E-state index in [4.69, 9.17) is 15.2 Å².